The van der Waals surface area contributed by atoms with Crippen LogP contribution in [0.5, 0.6) is 11.5 Å². The van der Waals surface area contributed by atoms with Crippen molar-refractivity contribution in [1.29, 1.82) is 10.5 Å². The Morgan fingerprint density at radius 2 is 1.05 bits per heavy atom. The summed E-state index contributed by atoms with van der Waals surface area (Å²) in [4.78, 5) is 78.8. The molecule has 0 saturated heterocycles. The van der Waals surface area contributed by atoms with Crippen molar-refractivity contribution >= 4 is 57.4 Å². The van der Waals surface area contributed by atoms with Crippen molar-refractivity contribution in [1.82, 2.24) is 4.98 Å². The number of nitrogens with zero attached hydrogens (tertiary/aromatic N) is 3. The van der Waals surface area contributed by atoms with Gasteiger partial charge in [-0.15, -0.1) is 11.3 Å². The van der Waals surface area contributed by atoms with Crippen molar-refractivity contribution in [2.45, 2.75) is 77.0 Å². The van der Waals surface area contributed by atoms with Gasteiger partial charge in [-0.2, -0.15) is 10.5 Å². The number of carbonyl (C=O) groups is 6. The smallest absolute Gasteiger partial charge is 0.330 e. The van der Waals surface area contributed by atoms with E-state index in [1.807, 2.05) is 0 Å². The average Bonchev–Trinajstić information content (AvgIpc) is 3.70. The van der Waals surface area contributed by atoms with Crippen LogP contribution < -0.4 is 9.47 Å². The number of carbonyl (C=O) groups excluding carboxylic acids is 6. The highest BCUT2D eigenvalue weighted by Crippen LogP contribution is 2.40. The number of hydrogen-bond acceptors (Lipinski definition) is 16. The molecule has 2 aliphatic rings. The first-order valence-corrected chi connectivity index (χ1v) is 20.2. The van der Waals surface area contributed by atoms with Gasteiger partial charge in [-0.25, -0.2) is 14.6 Å². The van der Waals surface area contributed by atoms with Crippen LogP contribution in [0.25, 0.3) is 10.2 Å². The van der Waals surface area contributed by atoms with E-state index in [9.17, 15) is 28.8 Å². The molecule has 1 heterocycles. The minimum absolute atomic E-state index is 0.122. The summed E-state index contributed by atoms with van der Waals surface area (Å²) in [6.45, 7) is 7.47. The number of aromatic nitrogens is 1. The lowest BCUT2D eigenvalue weighted by Gasteiger charge is -2.26. The van der Waals surface area contributed by atoms with Crippen molar-refractivity contribution in [3.8, 4) is 35.5 Å². The summed E-state index contributed by atoms with van der Waals surface area (Å²) in [5, 5.41) is 18.3. The molecule has 310 valence electrons. The van der Waals surface area contributed by atoms with Gasteiger partial charge in [0, 0.05) is 18.2 Å². The third-order valence-electron chi connectivity index (χ3n) is 9.70. The van der Waals surface area contributed by atoms with Crippen molar-refractivity contribution in [2.24, 2.45) is 23.7 Å². The Bertz CT molecular complexity index is 1930. The number of esters is 6. The first-order valence-electron chi connectivity index (χ1n) is 19.4. The quantitative estimate of drug-likeness (QED) is 0.0313. The van der Waals surface area contributed by atoms with E-state index >= 15 is 0 Å². The van der Waals surface area contributed by atoms with Gasteiger partial charge in [0.2, 0.25) is 0 Å². The van der Waals surface area contributed by atoms with Crippen LogP contribution >= 0.6 is 11.3 Å². The van der Waals surface area contributed by atoms with Gasteiger partial charge < -0.3 is 28.4 Å². The van der Waals surface area contributed by atoms with E-state index in [2.05, 4.69) is 30.0 Å². The van der Waals surface area contributed by atoms with Crippen LogP contribution in [0.4, 0.5) is 0 Å². The predicted octanol–water partition coefficient (Wildman–Crippen LogP) is 6.15. The van der Waals surface area contributed by atoms with Gasteiger partial charge in [0.15, 0.2) is 16.5 Å². The summed E-state index contributed by atoms with van der Waals surface area (Å²) in [6.07, 6.45) is 8.88. The molecule has 0 aliphatic heterocycles. The lowest BCUT2D eigenvalue weighted by Crippen LogP contribution is -2.30. The number of rotatable bonds is 18. The Morgan fingerprint density at radius 1 is 0.644 bits per heavy atom. The molecule has 2 fully saturated rings. The SMILES string of the molecule is C=CC(=O)OCCCCOC(=O)C1CCC(C(=O)Oc2ccc(OC(=O)C3CCC(C(=O)OCCCCOC(=O)C=C)CC3)c3sc(C#CC=C(C#N)C#N)nc23)CC1. The van der Waals surface area contributed by atoms with E-state index in [4.69, 9.17) is 38.9 Å². The van der Waals surface area contributed by atoms with Crippen LogP contribution in [0.2, 0.25) is 0 Å². The molecule has 2 saturated carbocycles. The molecule has 0 amide bonds. The predicted molar refractivity (Wildman–Crippen MR) is 211 cm³/mol. The van der Waals surface area contributed by atoms with Crippen LogP contribution in [0.1, 0.15) is 82.1 Å². The number of allylic oxidation sites excluding steroid dienone is 2. The maximum Gasteiger partial charge on any atom is 0.330 e. The fraction of sp³-hybridized carbons (Fsp3) is 0.465. The van der Waals surface area contributed by atoms with Crippen LogP contribution in [-0.2, 0) is 47.7 Å². The number of thiazole rings is 1. The summed E-state index contributed by atoms with van der Waals surface area (Å²) in [5.74, 6) is 1.39. The van der Waals surface area contributed by atoms with E-state index < -0.39 is 35.7 Å². The lowest BCUT2D eigenvalue weighted by atomic mass is 9.82. The van der Waals surface area contributed by atoms with E-state index in [-0.39, 0.29) is 77.8 Å². The third kappa shape index (κ3) is 14.2. The molecule has 2 aromatic rings. The van der Waals surface area contributed by atoms with Crippen LogP contribution in [0.3, 0.4) is 0 Å². The molecule has 0 bridgehead atoms. The highest BCUT2D eigenvalue weighted by molar-refractivity contribution is 7.19. The Kier molecular flexibility index (Phi) is 18.3. The molecule has 15 nitrogen and oxygen atoms in total. The number of unbranched alkanes of at least 4 members (excludes halogenated alkanes) is 2. The van der Waals surface area contributed by atoms with Crippen LogP contribution in [0.15, 0.2) is 49.1 Å². The van der Waals surface area contributed by atoms with E-state index in [0.29, 0.717) is 81.7 Å². The minimum Gasteiger partial charge on any atom is -0.465 e. The van der Waals surface area contributed by atoms with E-state index in [0.717, 1.165) is 29.6 Å². The molecule has 0 spiro atoms. The molecular formula is C43H45N3O12S. The van der Waals surface area contributed by atoms with Crippen LogP contribution in [0, 0.1) is 58.2 Å². The summed E-state index contributed by atoms with van der Waals surface area (Å²) in [7, 11) is 0. The van der Waals surface area contributed by atoms with Crippen LogP contribution in [-0.4, -0.2) is 67.2 Å². The number of fused-ring (bicyclic) bond motifs is 1. The van der Waals surface area contributed by atoms with Crippen molar-refractivity contribution in [3.63, 3.8) is 0 Å². The summed E-state index contributed by atoms with van der Waals surface area (Å²) in [6, 6.07) is 6.46. The topological polar surface area (TPSA) is 218 Å². The molecule has 0 unspecified atom stereocenters. The number of hydrogen-bond donors (Lipinski definition) is 0. The largest absolute Gasteiger partial charge is 0.465 e. The van der Waals surface area contributed by atoms with Crippen molar-refractivity contribution < 1.29 is 57.2 Å². The molecule has 1 aromatic carbocycles. The Balaban J connectivity index is 1.34. The van der Waals surface area contributed by atoms with Gasteiger partial charge in [-0.05, 0) is 95.1 Å². The molecule has 0 atom stereocenters. The van der Waals surface area contributed by atoms with Gasteiger partial charge in [0.1, 0.15) is 27.9 Å². The average molecular weight is 828 g/mol. The Labute approximate surface area is 345 Å². The van der Waals surface area contributed by atoms with Crippen molar-refractivity contribution in [3.05, 3.63) is 54.1 Å². The van der Waals surface area contributed by atoms with Gasteiger partial charge >= 0.3 is 35.8 Å². The van der Waals surface area contributed by atoms with E-state index in [1.54, 1.807) is 12.1 Å². The maximum absolute atomic E-state index is 13.4. The monoisotopic (exact) mass is 827 g/mol. The van der Waals surface area contributed by atoms with E-state index in [1.165, 1.54) is 12.1 Å². The molecule has 1 aromatic heterocycles. The maximum atomic E-state index is 13.4. The van der Waals surface area contributed by atoms with Gasteiger partial charge in [-0.1, -0.05) is 19.1 Å². The molecular weight excluding hydrogens is 783 g/mol. The second-order valence-corrected chi connectivity index (χ2v) is 14.7. The van der Waals surface area contributed by atoms with Gasteiger partial charge in [-0.3, -0.25) is 19.2 Å². The second-order valence-electron chi connectivity index (χ2n) is 13.7. The molecule has 16 heteroatoms. The lowest BCUT2D eigenvalue weighted by molar-refractivity contribution is -0.152. The number of ether oxygens (including phenoxy) is 6. The molecule has 0 N–H and O–H groups in total. The Morgan fingerprint density at radius 3 is 1.49 bits per heavy atom. The van der Waals surface area contributed by atoms with Crippen molar-refractivity contribution in [2.75, 3.05) is 26.4 Å². The summed E-state index contributed by atoms with van der Waals surface area (Å²) >= 11 is 1.08. The number of nitriles is 2. The normalized spacial score (nSPS) is 18.2. The first kappa shape index (κ1) is 45.4. The third-order valence-corrected chi connectivity index (χ3v) is 10.7. The molecule has 4 rings (SSSR count). The zero-order valence-corrected chi connectivity index (χ0v) is 33.4. The molecule has 2 aliphatic carbocycles. The molecule has 0 radical (unpaired) electrons. The Hall–Kier alpha value is -6.31. The summed E-state index contributed by atoms with van der Waals surface area (Å²) in [5.41, 5.74) is 0.0332. The summed E-state index contributed by atoms with van der Waals surface area (Å²) < 4.78 is 32.7. The highest BCUT2D eigenvalue weighted by Gasteiger charge is 2.34. The first-order chi connectivity index (χ1) is 28.6. The number of benzene rings is 1. The fourth-order valence-corrected chi connectivity index (χ4v) is 7.30. The minimum atomic E-state index is -0.507. The molecule has 59 heavy (non-hydrogen) atoms. The second kappa shape index (κ2) is 23.8. The fourth-order valence-electron chi connectivity index (χ4n) is 6.40. The standard InChI is InChI=1S/C43H45N3O12S/c1-3-36(47)53-22-5-7-24-55-40(49)29-12-16-31(17-13-29)42(51)57-33-20-21-34(39-38(33)46-35(59-39)11-9-10-28(26-44)27-45)58-43(52)32-18-14-30(15-19-32)41(50)56-25-8-6-23-54-37(48)4-2/h3-4,10,20-21,29-32H,1-2,5-8,12-19,22-25H2. The van der Waals surface area contributed by atoms with Gasteiger partial charge in [0.05, 0.1) is 50.1 Å². The zero-order valence-electron chi connectivity index (χ0n) is 32.6. The zero-order chi connectivity index (χ0) is 42.6. The highest BCUT2D eigenvalue weighted by atomic mass is 32.1. The van der Waals surface area contributed by atoms with Gasteiger partial charge in [0.25, 0.3) is 0 Å².